The van der Waals surface area contributed by atoms with E-state index in [1.807, 2.05) is 60.7 Å². The third-order valence-corrected chi connectivity index (χ3v) is 5.19. The molecule has 0 fully saturated rings. The van der Waals surface area contributed by atoms with Crippen LogP contribution in [0.15, 0.2) is 65.7 Å². The number of ether oxygens (including phenoxy) is 2. The second-order valence-corrected chi connectivity index (χ2v) is 7.77. The van der Waals surface area contributed by atoms with Crippen LogP contribution in [0.5, 0.6) is 5.75 Å². The number of hydrogen-bond donors (Lipinski definition) is 0. The predicted octanol–water partition coefficient (Wildman–Crippen LogP) is 3.98. The Morgan fingerprint density at radius 1 is 0.912 bits per heavy atom. The van der Waals surface area contributed by atoms with E-state index in [1.165, 1.54) is 13.8 Å². The van der Waals surface area contributed by atoms with Crippen molar-refractivity contribution >= 4 is 17.8 Å². The number of aromatic nitrogens is 1. The van der Waals surface area contributed by atoms with Gasteiger partial charge in [0.1, 0.15) is 11.1 Å². The van der Waals surface area contributed by atoms with E-state index in [0.717, 1.165) is 11.1 Å². The lowest BCUT2D eigenvalue weighted by molar-refractivity contribution is -0.132. The Bertz CT molecular complexity index is 1260. The number of carbonyl (C=O) groups excluding carboxylic acids is 3. The molecule has 1 amide bonds. The van der Waals surface area contributed by atoms with Crippen molar-refractivity contribution < 1.29 is 23.9 Å². The second kappa shape index (κ2) is 11.2. The van der Waals surface area contributed by atoms with Gasteiger partial charge in [0.2, 0.25) is 5.91 Å². The molecule has 2 aromatic carbocycles. The molecule has 0 aliphatic rings. The number of benzene rings is 2. The zero-order chi connectivity index (χ0) is 24.7. The van der Waals surface area contributed by atoms with Gasteiger partial charge in [-0.2, -0.15) is 4.99 Å². The predicted molar refractivity (Wildman–Crippen MR) is 127 cm³/mol. The van der Waals surface area contributed by atoms with Gasteiger partial charge < -0.3 is 14.0 Å². The van der Waals surface area contributed by atoms with Crippen molar-refractivity contribution in [3.8, 4) is 5.75 Å². The van der Waals surface area contributed by atoms with E-state index in [1.54, 1.807) is 18.4 Å². The Balaban J connectivity index is 2.43. The summed E-state index contributed by atoms with van der Waals surface area (Å²) in [7, 11) is 0. The minimum atomic E-state index is -0.609. The molecule has 34 heavy (non-hydrogen) atoms. The first kappa shape index (κ1) is 24.6. The Hall–Kier alpha value is -4.00. The first-order valence-corrected chi connectivity index (χ1v) is 11.1. The van der Waals surface area contributed by atoms with Crippen molar-refractivity contribution in [2.24, 2.45) is 4.99 Å². The third kappa shape index (κ3) is 5.86. The molecule has 3 aromatic rings. The summed E-state index contributed by atoms with van der Waals surface area (Å²) in [4.78, 5) is 41.7. The number of rotatable bonds is 7. The molecular formula is C27H28N2O5. The van der Waals surface area contributed by atoms with Crippen LogP contribution >= 0.6 is 0 Å². The SMILES string of the molecule is CCOC(=O)c1c(OC(C)=O)c(Cc2ccccc2)c(=NC(C)=O)n(Cc2ccccc2)c1C. The van der Waals surface area contributed by atoms with Gasteiger partial charge in [-0.05, 0) is 25.0 Å². The molecule has 1 aromatic heterocycles. The molecule has 3 rings (SSSR count). The van der Waals surface area contributed by atoms with Gasteiger partial charge in [-0.1, -0.05) is 60.7 Å². The van der Waals surface area contributed by atoms with Crippen LogP contribution < -0.4 is 10.2 Å². The molecule has 1 heterocycles. The standard InChI is InChI=1S/C27H28N2O5/c1-5-33-27(32)24-18(2)29(17-22-14-10-7-11-15-22)26(28-19(3)30)23(25(24)34-20(4)31)16-21-12-8-6-9-13-21/h6-15H,5,16-17H2,1-4H3. The average molecular weight is 461 g/mol. The number of amides is 1. The Morgan fingerprint density at radius 3 is 2.03 bits per heavy atom. The lowest BCUT2D eigenvalue weighted by Gasteiger charge is -2.22. The molecule has 0 aliphatic carbocycles. The van der Waals surface area contributed by atoms with Gasteiger partial charge in [0.25, 0.3) is 0 Å². The molecule has 0 bridgehead atoms. The Labute approximate surface area is 198 Å². The molecule has 0 atom stereocenters. The largest absolute Gasteiger partial charge is 0.462 e. The fraction of sp³-hybridized carbons (Fsp3) is 0.259. The normalized spacial score (nSPS) is 11.2. The zero-order valence-electron chi connectivity index (χ0n) is 19.8. The highest BCUT2D eigenvalue weighted by molar-refractivity contribution is 5.95. The third-order valence-electron chi connectivity index (χ3n) is 5.19. The van der Waals surface area contributed by atoms with Crippen LogP contribution in [0.1, 0.15) is 53.5 Å². The van der Waals surface area contributed by atoms with Crippen molar-refractivity contribution in [2.45, 2.75) is 40.7 Å². The minimum absolute atomic E-state index is 0.0663. The van der Waals surface area contributed by atoms with E-state index in [2.05, 4.69) is 4.99 Å². The number of pyridine rings is 1. The molecule has 0 radical (unpaired) electrons. The van der Waals surface area contributed by atoms with Crippen LogP contribution in [0.4, 0.5) is 0 Å². The van der Waals surface area contributed by atoms with E-state index in [-0.39, 0.29) is 24.3 Å². The van der Waals surface area contributed by atoms with Crippen LogP contribution in [0.2, 0.25) is 0 Å². The fourth-order valence-electron chi connectivity index (χ4n) is 3.77. The highest BCUT2D eigenvalue weighted by atomic mass is 16.5. The summed E-state index contributed by atoms with van der Waals surface area (Å²) in [5.41, 5.74) is 3.28. The second-order valence-electron chi connectivity index (χ2n) is 7.77. The molecule has 0 saturated heterocycles. The fourth-order valence-corrected chi connectivity index (χ4v) is 3.77. The lowest BCUT2D eigenvalue weighted by Crippen LogP contribution is -2.33. The van der Waals surface area contributed by atoms with E-state index < -0.39 is 17.8 Å². The van der Waals surface area contributed by atoms with Gasteiger partial charge >= 0.3 is 11.9 Å². The molecule has 7 nitrogen and oxygen atoms in total. The highest BCUT2D eigenvalue weighted by Gasteiger charge is 2.27. The lowest BCUT2D eigenvalue weighted by atomic mass is 10.0. The molecular weight excluding hydrogens is 432 g/mol. The average Bonchev–Trinajstić information content (AvgIpc) is 2.80. The van der Waals surface area contributed by atoms with Crippen LogP contribution in [-0.2, 0) is 27.3 Å². The van der Waals surface area contributed by atoms with E-state index in [4.69, 9.17) is 9.47 Å². The first-order chi connectivity index (χ1) is 16.3. The van der Waals surface area contributed by atoms with Crippen LogP contribution in [0.3, 0.4) is 0 Å². The summed E-state index contributed by atoms with van der Waals surface area (Å²) in [5.74, 6) is -1.54. The molecule has 0 spiro atoms. The quantitative estimate of drug-likeness (QED) is 0.498. The molecule has 0 N–H and O–H groups in total. The summed E-state index contributed by atoms with van der Waals surface area (Å²) in [6.45, 7) is 6.58. The van der Waals surface area contributed by atoms with Gasteiger partial charge in [-0.3, -0.25) is 9.59 Å². The van der Waals surface area contributed by atoms with E-state index in [0.29, 0.717) is 23.3 Å². The van der Waals surface area contributed by atoms with Crippen LogP contribution in [0, 0.1) is 6.92 Å². The Morgan fingerprint density at radius 2 is 1.50 bits per heavy atom. The number of esters is 2. The van der Waals surface area contributed by atoms with Gasteiger partial charge in [-0.15, -0.1) is 0 Å². The first-order valence-electron chi connectivity index (χ1n) is 11.1. The maximum atomic E-state index is 13.1. The van der Waals surface area contributed by atoms with Crippen molar-refractivity contribution in [3.05, 3.63) is 94.1 Å². The smallest absolute Gasteiger partial charge is 0.343 e. The van der Waals surface area contributed by atoms with Gasteiger partial charge in [0.05, 0.1) is 6.61 Å². The van der Waals surface area contributed by atoms with Crippen molar-refractivity contribution in [1.82, 2.24) is 4.57 Å². The van der Waals surface area contributed by atoms with E-state index in [9.17, 15) is 14.4 Å². The van der Waals surface area contributed by atoms with Crippen LogP contribution in [0.25, 0.3) is 0 Å². The summed E-state index contributed by atoms with van der Waals surface area (Å²) >= 11 is 0. The summed E-state index contributed by atoms with van der Waals surface area (Å²) in [6, 6.07) is 19.1. The molecule has 0 unspecified atom stereocenters. The van der Waals surface area contributed by atoms with Gasteiger partial charge in [-0.25, -0.2) is 4.79 Å². The molecule has 176 valence electrons. The summed E-state index contributed by atoms with van der Waals surface area (Å²) in [5, 5.41) is 0. The topological polar surface area (TPSA) is 87.0 Å². The molecule has 7 heteroatoms. The van der Waals surface area contributed by atoms with Crippen molar-refractivity contribution in [3.63, 3.8) is 0 Å². The van der Waals surface area contributed by atoms with Gasteiger partial charge in [0.15, 0.2) is 5.75 Å². The van der Waals surface area contributed by atoms with Crippen molar-refractivity contribution in [2.75, 3.05) is 6.61 Å². The summed E-state index contributed by atoms with van der Waals surface area (Å²) < 4.78 is 12.7. The van der Waals surface area contributed by atoms with Crippen LogP contribution in [-0.4, -0.2) is 29.0 Å². The van der Waals surface area contributed by atoms with E-state index >= 15 is 0 Å². The molecule has 0 aliphatic heterocycles. The minimum Gasteiger partial charge on any atom is -0.462 e. The molecule has 0 saturated carbocycles. The maximum Gasteiger partial charge on any atom is 0.343 e. The number of nitrogens with zero attached hydrogens (tertiary/aromatic N) is 2. The Kier molecular flexibility index (Phi) is 8.14. The number of hydrogen-bond acceptors (Lipinski definition) is 5. The maximum absolute atomic E-state index is 13.1. The monoisotopic (exact) mass is 460 g/mol. The summed E-state index contributed by atoms with van der Waals surface area (Å²) in [6.07, 6.45) is 0.289. The highest BCUT2D eigenvalue weighted by Crippen LogP contribution is 2.29. The number of carbonyl (C=O) groups is 3. The zero-order valence-corrected chi connectivity index (χ0v) is 19.8. The van der Waals surface area contributed by atoms with Crippen molar-refractivity contribution in [1.29, 1.82) is 0 Å². The van der Waals surface area contributed by atoms with Gasteiger partial charge in [0, 0.05) is 38.1 Å².